The zero-order chi connectivity index (χ0) is 22.5. The van der Waals surface area contributed by atoms with Crippen molar-refractivity contribution in [3.05, 3.63) is 107 Å². The van der Waals surface area contributed by atoms with Gasteiger partial charge >= 0.3 is 0 Å². The van der Waals surface area contributed by atoms with Gasteiger partial charge in [-0.05, 0) is 27.8 Å². The highest BCUT2D eigenvalue weighted by atomic mass is 16.2. The molecule has 1 fully saturated rings. The largest absolute Gasteiger partial charge is 0.352 e. The third-order valence-corrected chi connectivity index (χ3v) is 7.43. The third-order valence-electron chi connectivity index (χ3n) is 7.43. The standard InChI is InChI=1S/C28H24N2O3/c31-22(29-16-17-8-2-1-3-9-17)14-15-30-27(32)25-23-18-10-4-5-11-19(18)24(26(25)28(30)33)21-13-7-6-12-20(21)23/h1-13,23-26H,14-16H2,(H,29,31). The van der Waals surface area contributed by atoms with E-state index >= 15 is 0 Å². The van der Waals surface area contributed by atoms with Crippen molar-refractivity contribution in [2.24, 2.45) is 11.8 Å². The van der Waals surface area contributed by atoms with Crippen LogP contribution in [0.3, 0.4) is 0 Å². The normalized spacial score (nSPS) is 24.3. The third kappa shape index (κ3) is 3.03. The van der Waals surface area contributed by atoms with Crippen LogP contribution < -0.4 is 5.32 Å². The molecule has 1 N–H and O–H groups in total. The summed E-state index contributed by atoms with van der Waals surface area (Å²) in [7, 11) is 0. The maximum Gasteiger partial charge on any atom is 0.234 e. The second kappa shape index (κ2) is 7.69. The Hall–Kier alpha value is -3.73. The first-order valence-corrected chi connectivity index (χ1v) is 11.5. The van der Waals surface area contributed by atoms with Crippen LogP contribution in [0.25, 0.3) is 0 Å². The number of carbonyl (C=O) groups excluding carboxylic acids is 3. The fraction of sp³-hybridized carbons (Fsp3) is 0.250. The molecular formula is C28H24N2O3. The fourth-order valence-electron chi connectivity index (χ4n) is 6.06. The summed E-state index contributed by atoms with van der Waals surface area (Å²) in [4.78, 5) is 40.8. The lowest BCUT2D eigenvalue weighted by molar-refractivity contribution is -0.140. The van der Waals surface area contributed by atoms with Crippen LogP contribution in [0.2, 0.25) is 0 Å². The number of benzene rings is 3. The van der Waals surface area contributed by atoms with E-state index in [-0.39, 0.29) is 54.4 Å². The van der Waals surface area contributed by atoms with Gasteiger partial charge in [0.25, 0.3) is 0 Å². The predicted molar refractivity (Wildman–Crippen MR) is 123 cm³/mol. The number of nitrogens with one attached hydrogen (secondary N) is 1. The lowest BCUT2D eigenvalue weighted by atomic mass is 9.55. The van der Waals surface area contributed by atoms with Crippen molar-refractivity contribution in [1.29, 1.82) is 0 Å². The Balaban J connectivity index is 1.24. The second-order valence-corrected chi connectivity index (χ2v) is 9.11. The summed E-state index contributed by atoms with van der Waals surface area (Å²) in [6.07, 6.45) is 0.110. The molecule has 5 heteroatoms. The van der Waals surface area contributed by atoms with Crippen molar-refractivity contribution in [2.45, 2.75) is 24.8 Å². The van der Waals surface area contributed by atoms with Gasteiger partial charge in [-0.1, -0.05) is 78.9 Å². The summed E-state index contributed by atoms with van der Waals surface area (Å²) in [6, 6.07) is 26.1. The molecule has 3 amide bonds. The summed E-state index contributed by atoms with van der Waals surface area (Å²) in [5.41, 5.74) is 5.64. The van der Waals surface area contributed by atoms with Crippen LogP contribution >= 0.6 is 0 Å². The number of rotatable bonds is 5. The summed E-state index contributed by atoms with van der Waals surface area (Å²) in [5.74, 6) is -1.44. The Bertz CT molecular complexity index is 1150. The van der Waals surface area contributed by atoms with Gasteiger partial charge in [-0.15, -0.1) is 0 Å². The average molecular weight is 437 g/mol. The topological polar surface area (TPSA) is 66.5 Å². The average Bonchev–Trinajstić information content (AvgIpc) is 3.12. The van der Waals surface area contributed by atoms with E-state index in [0.717, 1.165) is 27.8 Å². The molecule has 0 radical (unpaired) electrons. The molecule has 7 rings (SSSR count). The lowest BCUT2D eigenvalue weighted by Gasteiger charge is -2.45. The smallest absolute Gasteiger partial charge is 0.234 e. The summed E-state index contributed by atoms with van der Waals surface area (Å²) in [5, 5.41) is 2.89. The van der Waals surface area contributed by atoms with Crippen LogP contribution in [0, 0.1) is 11.8 Å². The van der Waals surface area contributed by atoms with Gasteiger partial charge < -0.3 is 5.32 Å². The van der Waals surface area contributed by atoms with Crippen LogP contribution in [0.1, 0.15) is 46.1 Å². The Morgan fingerprint density at radius 3 is 1.64 bits per heavy atom. The van der Waals surface area contributed by atoms with Crippen LogP contribution in [0.5, 0.6) is 0 Å². The number of amides is 3. The first-order valence-electron chi connectivity index (χ1n) is 11.5. The molecule has 33 heavy (non-hydrogen) atoms. The van der Waals surface area contributed by atoms with Gasteiger partial charge in [0.05, 0.1) is 11.8 Å². The highest BCUT2D eigenvalue weighted by molar-refractivity contribution is 6.08. The Morgan fingerprint density at radius 2 is 1.15 bits per heavy atom. The number of imide groups is 1. The second-order valence-electron chi connectivity index (χ2n) is 9.11. The molecule has 2 atom stereocenters. The van der Waals surface area contributed by atoms with Crippen LogP contribution in [0.4, 0.5) is 0 Å². The molecule has 4 aliphatic rings. The van der Waals surface area contributed by atoms with Crippen LogP contribution in [-0.2, 0) is 20.9 Å². The van der Waals surface area contributed by atoms with Gasteiger partial charge in [0.1, 0.15) is 0 Å². The molecule has 1 aliphatic heterocycles. The maximum atomic E-state index is 13.5. The minimum Gasteiger partial charge on any atom is -0.352 e. The number of nitrogens with zero attached hydrogens (tertiary/aromatic N) is 1. The molecule has 3 aliphatic carbocycles. The predicted octanol–water partition coefficient (Wildman–Crippen LogP) is 3.59. The number of likely N-dealkylation sites (tertiary alicyclic amines) is 1. The Morgan fingerprint density at radius 1 is 0.697 bits per heavy atom. The molecule has 164 valence electrons. The van der Waals surface area contributed by atoms with E-state index in [2.05, 4.69) is 29.6 Å². The highest BCUT2D eigenvalue weighted by Gasteiger charge is 2.61. The molecular weight excluding hydrogens is 412 g/mol. The van der Waals surface area contributed by atoms with Crippen LogP contribution in [0.15, 0.2) is 78.9 Å². The van der Waals surface area contributed by atoms with Crippen molar-refractivity contribution >= 4 is 17.7 Å². The summed E-state index contributed by atoms with van der Waals surface area (Å²) >= 11 is 0. The summed E-state index contributed by atoms with van der Waals surface area (Å²) in [6.45, 7) is 0.555. The molecule has 1 saturated heterocycles. The van der Waals surface area contributed by atoms with Crippen molar-refractivity contribution in [2.75, 3.05) is 6.54 Å². The van der Waals surface area contributed by atoms with Gasteiger partial charge in [0.2, 0.25) is 17.7 Å². The van der Waals surface area contributed by atoms with Crippen molar-refractivity contribution in [3.8, 4) is 0 Å². The molecule has 2 unspecified atom stereocenters. The fourth-order valence-corrected chi connectivity index (χ4v) is 6.06. The van der Waals surface area contributed by atoms with Crippen LogP contribution in [-0.4, -0.2) is 29.2 Å². The van der Waals surface area contributed by atoms with Crippen molar-refractivity contribution in [1.82, 2.24) is 10.2 Å². The highest BCUT2D eigenvalue weighted by Crippen LogP contribution is 2.60. The van der Waals surface area contributed by atoms with Crippen molar-refractivity contribution in [3.63, 3.8) is 0 Å². The molecule has 0 saturated carbocycles. The lowest BCUT2D eigenvalue weighted by Crippen LogP contribution is -2.41. The number of hydrogen-bond donors (Lipinski definition) is 1. The number of carbonyl (C=O) groups is 3. The molecule has 3 aromatic carbocycles. The zero-order valence-corrected chi connectivity index (χ0v) is 18.1. The summed E-state index contributed by atoms with van der Waals surface area (Å²) < 4.78 is 0. The molecule has 1 heterocycles. The van der Waals surface area contributed by atoms with E-state index < -0.39 is 0 Å². The first kappa shape index (κ1) is 19.9. The van der Waals surface area contributed by atoms with Crippen molar-refractivity contribution < 1.29 is 14.4 Å². The van der Waals surface area contributed by atoms with E-state index in [4.69, 9.17) is 0 Å². The molecule has 0 spiro atoms. The van der Waals surface area contributed by atoms with Gasteiger partial charge in [0.15, 0.2) is 0 Å². The van der Waals surface area contributed by atoms with E-state index in [0.29, 0.717) is 6.54 Å². The Labute approximate surface area is 192 Å². The quantitative estimate of drug-likeness (QED) is 0.622. The van der Waals surface area contributed by atoms with E-state index in [9.17, 15) is 14.4 Å². The minimum absolute atomic E-state index is 0.110. The molecule has 2 bridgehead atoms. The van der Waals surface area contributed by atoms with E-state index in [1.54, 1.807) is 0 Å². The van der Waals surface area contributed by atoms with E-state index in [1.807, 2.05) is 54.6 Å². The van der Waals surface area contributed by atoms with Gasteiger partial charge in [0, 0.05) is 31.3 Å². The SMILES string of the molecule is O=C(CCN1C(=O)C2C3c4ccccc4C(c4ccccc43)C2C1=O)NCc1ccccc1. The van der Waals surface area contributed by atoms with E-state index in [1.165, 1.54) is 4.90 Å². The van der Waals surface area contributed by atoms with Gasteiger partial charge in [-0.2, -0.15) is 0 Å². The molecule has 5 nitrogen and oxygen atoms in total. The monoisotopic (exact) mass is 436 g/mol. The Kier molecular flexibility index (Phi) is 4.64. The number of hydrogen-bond acceptors (Lipinski definition) is 3. The minimum atomic E-state index is -0.389. The van der Waals surface area contributed by atoms with Gasteiger partial charge in [-0.25, -0.2) is 0 Å². The zero-order valence-electron chi connectivity index (χ0n) is 18.1. The maximum absolute atomic E-state index is 13.5. The first-order chi connectivity index (χ1) is 16.1. The molecule has 0 aromatic heterocycles. The van der Waals surface area contributed by atoms with Gasteiger partial charge in [-0.3, -0.25) is 19.3 Å². The molecule has 3 aromatic rings.